The molecule has 27 heavy (non-hydrogen) atoms. The van der Waals surface area contributed by atoms with Crippen molar-refractivity contribution in [1.29, 1.82) is 0 Å². The molecule has 3 N–H and O–H groups in total. The van der Waals surface area contributed by atoms with Crippen LogP contribution >= 0.6 is 24.0 Å². The van der Waals surface area contributed by atoms with Crippen molar-refractivity contribution in [2.24, 2.45) is 4.99 Å². The number of aliphatic hydroxyl groups excluding tert-OH is 1. The van der Waals surface area contributed by atoms with E-state index in [9.17, 15) is 5.11 Å². The number of nitrogens with one attached hydrogen (secondary N) is 2. The van der Waals surface area contributed by atoms with Crippen LogP contribution in [-0.4, -0.2) is 41.8 Å². The average molecular weight is 484 g/mol. The predicted octanol–water partition coefficient (Wildman–Crippen LogP) is 3.06. The van der Waals surface area contributed by atoms with Gasteiger partial charge in [0.1, 0.15) is 11.9 Å². The molecule has 0 aliphatic carbocycles. The molecule has 0 saturated heterocycles. The lowest BCUT2D eigenvalue weighted by molar-refractivity contribution is 0.187. The zero-order valence-electron chi connectivity index (χ0n) is 16.1. The molecule has 0 aliphatic rings. The van der Waals surface area contributed by atoms with Crippen molar-refractivity contribution >= 4 is 29.9 Å². The minimum atomic E-state index is -0.658. The highest BCUT2D eigenvalue weighted by Gasteiger charge is 2.09. The monoisotopic (exact) mass is 484 g/mol. The van der Waals surface area contributed by atoms with Gasteiger partial charge in [0.2, 0.25) is 0 Å². The Morgan fingerprint density at radius 1 is 1.19 bits per heavy atom. The van der Waals surface area contributed by atoms with E-state index in [0.29, 0.717) is 12.5 Å². The highest BCUT2D eigenvalue weighted by molar-refractivity contribution is 14.0. The molecule has 0 radical (unpaired) electrons. The number of para-hydroxylation sites is 1. The number of pyridine rings is 1. The lowest BCUT2D eigenvalue weighted by Gasteiger charge is -2.19. The Kier molecular flexibility index (Phi) is 10.7. The first-order valence-electron chi connectivity index (χ1n) is 8.92. The van der Waals surface area contributed by atoms with E-state index in [1.165, 1.54) is 0 Å². The van der Waals surface area contributed by atoms with Crippen molar-refractivity contribution in [1.82, 2.24) is 15.6 Å². The van der Waals surface area contributed by atoms with E-state index in [2.05, 4.69) is 20.6 Å². The van der Waals surface area contributed by atoms with E-state index in [-0.39, 0.29) is 36.6 Å². The van der Waals surface area contributed by atoms with Crippen LogP contribution in [-0.2, 0) is 0 Å². The number of aromatic nitrogens is 1. The molecular weight excluding hydrogens is 455 g/mol. The van der Waals surface area contributed by atoms with Crippen LogP contribution in [0.15, 0.2) is 53.8 Å². The minimum Gasteiger partial charge on any atom is -0.489 e. The Balaban J connectivity index is 0.00000364. The second-order valence-electron chi connectivity index (χ2n) is 6.09. The summed E-state index contributed by atoms with van der Waals surface area (Å²) in [6.07, 6.45) is 2.64. The Labute approximate surface area is 178 Å². The number of hydrogen-bond donors (Lipinski definition) is 3. The molecule has 148 valence electrons. The summed E-state index contributed by atoms with van der Waals surface area (Å²) in [5.41, 5.74) is 1.91. The molecule has 0 spiro atoms. The Morgan fingerprint density at radius 2 is 1.89 bits per heavy atom. The number of aliphatic imine (C=N–C) groups is 1. The van der Waals surface area contributed by atoms with Gasteiger partial charge in [-0.05, 0) is 50.1 Å². The standard InChI is InChI=1S/C20H28N4O2.HI/c1-4-22-20(24-14-18(25)17-9-11-21-12-10-17)23-13-16(3)26-19-8-6-5-7-15(19)2;/h5-12,16,18,25H,4,13-14H2,1-3H3,(H2,22,23,24);1H. The smallest absolute Gasteiger partial charge is 0.191 e. The number of hydrogen-bond acceptors (Lipinski definition) is 4. The maximum Gasteiger partial charge on any atom is 0.191 e. The third-order valence-corrected chi connectivity index (χ3v) is 3.84. The zero-order chi connectivity index (χ0) is 18.8. The van der Waals surface area contributed by atoms with E-state index >= 15 is 0 Å². The van der Waals surface area contributed by atoms with E-state index in [0.717, 1.165) is 23.4 Å². The van der Waals surface area contributed by atoms with Crippen LogP contribution in [0.4, 0.5) is 0 Å². The van der Waals surface area contributed by atoms with Gasteiger partial charge in [0, 0.05) is 18.9 Å². The molecule has 7 heteroatoms. The maximum absolute atomic E-state index is 10.2. The fraction of sp³-hybridized carbons (Fsp3) is 0.400. The van der Waals surface area contributed by atoms with Crippen LogP contribution in [0, 0.1) is 6.92 Å². The summed E-state index contributed by atoms with van der Waals surface area (Å²) in [6.45, 7) is 7.65. The van der Waals surface area contributed by atoms with Crippen molar-refractivity contribution < 1.29 is 9.84 Å². The lowest BCUT2D eigenvalue weighted by atomic mass is 10.1. The van der Waals surface area contributed by atoms with Crippen molar-refractivity contribution in [3.63, 3.8) is 0 Å². The SMILES string of the molecule is CCNC(=NCC(O)c1ccncc1)NCC(C)Oc1ccccc1C.I. The van der Waals surface area contributed by atoms with Crippen LogP contribution in [0.1, 0.15) is 31.1 Å². The van der Waals surface area contributed by atoms with E-state index in [4.69, 9.17) is 4.74 Å². The van der Waals surface area contributed by atoms with Gasteiger partial charge in [-0.15, -0.1) is 24.0 Å². The summed E-state index contributed by atoms with van der Waals surface area (Å²) >= 11 is 0. The quantitative estimate of drug-likeness (QED) is 0.305. The van der Waals surface area contributed by atoms with Crippen molar-refractivity contribution in [3.05, 3.63) is 59.9 Å². The number of aryl methyl sites for hydroxylation is 1. The summed E-state index contributed by atoms with van der Waals surface area (Å²) in [5.74, 6) is 1.54. The first-order chi connectivity index (χ1) is 12.6. The van der Waals surface area contributed by atoms with Crippen LogP contribution in [0.3, 0.4) is 0 Å². The van der Waals surface area contributed by atoms with Crippen molar-refractivity contribution in [3.8, 4) is 5.75 Å². The normalized spacial score (nSPS) is 13.3. The summed E-state index contributed by atoms with van der Waals surface area (Å²) in [7, 11) is 0. The van der Waals surface area contributed by atoms with Gasteiger partial charge >= 0.3 is 0 Å². The third-order valence-electron chi connectivity index (χ3n) is 3.84. The first kappa shape index (κ1) is 23.2. The zero-order valence-corrected chi connectivity index (χ0v) is 18.4. The van der Waals surface area contributed by atoms with Gasteiger partial charge in [-0.1, -0.05) is 18.2 Å². The third kappa shape index (κ3) is 8.13. The predicted molar refractivity (Wildman–Crippen MR) is 120 cm³/mol. The van der Waals surface area contributed by atoms with Crippen LogP contribution in [0.2, 0.25) is 0 Å². The first-order valence-corrected chi connectivity index (χ1v) is 8.92. The Hall–Kier alpha value is -1.87. The number of nitrogens with zero attached hydrogens (tertiary/aromatic N) is 2. The number of benzene rings is 1. The molecular formula is C20H29IN4O2. The number of ether oxygens (including phenoxy) is 1. The molecule has 2 unspecified atom stereocenters. The molecule has 1 aromatic carbocycles. The maximum atomic E-state index is 10.2. The fourth-order valence-electron chi connectivity index (χ4n) is 2.40. The molecule has 6 nitrogen and oxygen atoms in total. The van der Waals surface area contributed by atoms with Gasteiger partial charge < -0.3 is 20.5 Å². The molecule has 0 saturated carbocycles. The summed E-state index contributed by atoms with van der Waals surface area (Å²) in [4.78, 5) is 8.41. The second kappa shape index (κ2) is 12.5. The van der Waals surface area contributed by atoms with Gasteiger partial charge in [0.15, 0.2) is 5.96 Å². The largest absolute Gasteiger partial charge is 0.489 e. The molecule has 0 aliphatic heterocycles. The van der Waals surface area contributed by atoms with Gasteiger partial charge in [0.25, 0.3) is 0 Å². The molecule has 0 fully saturated rings. The van der Waals surface area contributed by atoms with Crippen molar-refractivity contribution in [2.75, 3.05) is 19.6 Å². The lowest BCUT2D eigenvalue weighted by Crippen LogP contribution is -2.42. The van der Waals surface area contributed by atoms with Gasteiger partial charge in [-0.2, -0.15) is 0 Å². The molecule has 1 heterocycles. The Bertz CT molecular complexity index is 697. The minimum absolute atomic E-state index is 0. The van der Waals surface area contributed by atoms with Crippen LogP contribution in [0.5, 0.6) is 5.75 Å². The molecule has 0 bridgehead atoms. The van der Waals surface area contributed by atoms with E-state index in [1.807, 2.05) is 45.0 Å². The van der Waals surface area contributed by atoms with Crippen molar-refractivity contribution in [2.45, 2.75) is 33.0 Å². The number of rotatable bonds is 8. The molecule has 2 atom stereocenters. The van der Waals surface area contributed by atoms with Gasteiger partial charge in [0.05, 0.1) is 19.2 Å². The number of halogens is 1. The molecule has 1 aromatic heterocycles. The van der Waals surface area contributed by atoms with E-state index < -0.39 is 6.10 Å². The summed E-state index contributed by atoms with van der Waals surface area (Å²) < 4.78 is 5.97. The van der Waals surface area contributed by atoms with Gasteiger partial charge in [-0.3, -0.25) is 9.98 Å². The van der Waals surface area contributed by atoms with Crippen LogP contribution < -0.4 is 15.4 Å². The average Bonchev–Trinajstić information content (AvgIpc) is 2.66. The summed E-state index contributed by atoms with van der Waals surface area (Å²) in [5, 5.41) is 16.7. The fourth-order valence-corrected chi connectivity index (χ4v) is 2.40. The molecule has 2 rings (SSSR count). The molecule has 2 aromatic rings. The number of aliphatic hydroxyl groups is 1. The molecule has 0 amide bonds. The van der Waals surface area contributed by atoms with Crippen LogP contribution in [0.25, 0.3) is 0 Å². The Morgan fingerprint density at radius 3 is 2.56 bits per heavy atom. The highest BCUT2D eigenvalue weighted by atomic mass is 127. The van der Waals surface area contributed by atoms with E-state index in [1.54, 1.807) is 24.5 Å². The highest BCUT2D eigenvalue weighted by Crippen LogP contribution is 2.17. The summed E-state index contributed by atoms with van der Waals surface area (Å²) in [6, 6.07) is 11.5. The topological polar surface area (TPSA) is 78.8 Å². The van der Waals surface area contributed by atoms with Gasteiger partial charge in [-0.25, -0.2) is 0 Å². The number of guanidine groups is 1. The second-order valence-corrected chi connectivity index (χ2v) is 6.09.